The van der Waals surface area contributed by atoms with E-state index in [1.807, 2.05) is 53.2 Å². The summed E-state index contributed by atoms with van der Waals surface area (Å²) in [5.41, 5.74) is 5.27. The monoisotopic (exact) mass is 395 g/mol. The van der Waals surface area contributed by atoms with Crippen LogP contribution in [0.2, 0.25) is 0 Å². The zero-order chi connectivity index (χ0) is 20.3. The van der Waals surface area contributed by atoms with Crippen molar-refractivity contribution in [3.63, 3.8) is 0 Å². The van der Waals surface area contributed by atoms with Crippen molar-refractivity contribution in [3.8, 4) is 22.5 Å². The van der Waals surface area contributed by atoms with Crippen LogP contribution in [0.1, 0.15) is 5.56 Å². The van der Waals surface area contributed by atoms with E-state index in [1.54, 1.807) is 18.3 Å². The molecule has 0 aliphatic heterocycles. The van der Waals surface area contributed by atoms with E-state index in [9.17, 15) is 4.39 Å². The van der Waals surface area contributed by atoms with E-state index < -0.39 is 0 Å². The molecule has 0 amide bonds. The van der Waals surface area contributed by atoms with E-state index >= 15 is 0 Å². The molecule has 0 fully saturated rings. The van der Waals surface area contributed by atoms with Crippen LogP contribution in [0.25, 0.3) is 28.0 Å². The van der Waals surface area contributed by atoms with Gasteiger partial charge in [0.05, 0.1) is 16.8 Å². The number of nitrogens with one attached hydrogen (secondary N) is 1. The standard InChI is InChI=1S/C24H18FN5/c25-19-11-9-18(10-12-19)23-22(21-8-4-5-15-30(21)29-23)20-13-14-26-24(28-20)27-16-17-6-2-1-3-7-17/h1-15H,16H2,(H,26,27,28). The van der Waals surface area contributed by atoms with E-state index in [2.05, 4.69) is 22.4 Å². The summed E-state index contributed by atoms with van der Waals surface area (Å²) in [5.74, 6) is 0.259. The molecule has 5 rings (SSSR count). The van der Waals surface area contributed by atoms with E-state index in [0.717, 1.165) is 33.6 Å². The molecule has 5 aromatic rings. The number of halogens is 1. The van der Waals surface area contributed by atoms with Crippen LogP contribution in [0.5, 0.6) is 0 Å². The van der Waals surface area contributed by atoms with E-state index in [4.69, 9.17) is 10.1 Å². The van der Waals surface area contributed by atoms with Crippen molar-refractivity contribution < 1.29 is 4.39 Å². The fourth-order valence-electron chi connectivity index (χ4n) is 3.42. The van der Waals surface area contributed by atoms with Gasteiger partial charge in [0.1, 0.15) is 11.5 Å². The van der Waals surface area contributed by atoms with Gasteiger partial charge >= 0.3 is 0 Å². The van der Waals surface area contributed by atoms with Crippen LogP contribution in [-0.2, 0) is 6.54 Å². The summed E-state index contributed by atoms with van der Waals surface area (Å²) in [4.78, 5) is 9.09. The van der Waals surface area contributed by atoms with Crippen molar-refractivity contribution in [2.24, 2.45) is 0 Å². The Kier molecular flexibility index (Phi) is 4.65. The maximum atomic E-state index is 13.5. The first-order valence-electron chi connectivity index (χ1n) is 9.62. The third kappa shape index (κ3) is 3.51. The lowest BCUT2D eigenvalue weighted by Crippen LogP contribution is -2.03. The summed E-state index contributed by atoms with van der Waals surface area (Å²) >= 11 is 0. The van der Waals surface area contributed by atoms with Crippen LogP contribution < -0.4 is 5.32 Å². The first-order valence-corrected chi connectivity index (χ1v) is 9.62. The van der Waals surface area contributed by atoms with Gasteiger partial charge in [0, 0.05) is 24.5 Å². The molecule has 0 aliphatic carbocycles. The van der Waals surface area contributed by atoms with Gasteiger partial charge in [-0.15, -0.1) is 0 Å². The smallest absolute Gasteiger partial charge is 0.223 e. The third-order valence-corrected chi connectivity index (χ3v) is 4.86. The summed E-state index contributed by atoms with van der Waals surface area (Å²) < 4.78 is 15.3. The number of nitrogens with zero attached hydrogens (tertiary/aromatic N) is 4. The van der Waals surface area contributed by atoms with Gasteiger partial charge in [-0.3, -0.25) is 0 Å². The van der Waals surface area contributed by atoms with Gasteiger partial charge in [-0.05, 0) is 48.0 Å². The molecular weight excluding hydrogens is 377 g/mol. The lowest BCUT2D eigenvalue weighted by atomic mass is 10.0. The van der Waals surface area contributed by atoms with Crippen LogP contribution >= 0.6 is 0 Å². The number of anilines is 1. The number of benzene rings is 2. The summed E-state index contributed by atoms with van der Waals surface area (Å²) in [6, 6.07) is 24.2. The zero-order valence-corrected chi connectivity index (χ0v) is 16.0. The molecular formula is C24H18FN5. The first kappa shape index (κ1) is 18.0. The summed E-state index contributed by atoms with van der Waals surface area (Å²) in [7, 11) is 0. The van der Waals surface area contributed by atoms with Crippen molar-refractivity contribution in [3.05, 3.63) is 103 Å². The molecule has 0 unspecified atom stereocenters. The van der Waals surface area contributed by atoms with Gasteiger partial charge in [0.15, 0.2) is 0 Å². The van der Waals surface area contributed by atoms with Crippen molar-refractivity contribution >= 4 is 11.5 Å². The van der Waals surface area contributed by atoms with Gasteiger partial charge in [-0.2, -0.15) is 5.10 Å². The Labute approximate surface area is 172 Å². The summed E-state index contributed by atoms with van der Waals surface area (Å²) in [6.07, 6.45) is 3.62. The Balaban J connectivity index is 1.57. The highest BCUT2D eigenvalue weighted by Gasteiger charge is 2.18. The molecule has 0 spiro atoms. The Morgan fingerprint density at radius 3 is 2.50 bits per heavy atom. The molecule has 3 heterocycles. The second kappa shape index (κ2) is 7.75. The molecule has 1 N–H and O–H groups in total. The van der Waals surface area contributed by atoms with Crippen LogP contribution in [-0.4, -0.2) is 19.6 Å². The normalized spacial score (nSPS) is 11.0. The van der Waals surface area contributed by atoms with Crippen LogP contribution in [0, 0.1) is 5.82 Å². The Hall–Kier alpha value is -4.06. The number of aromatic nitrogens is 4. The maximum Gasteiger partial charge on any atom is 0.223 e. The predicted molar refractivity (Wildman–Crippen MR) is 115 cm³/mol. The topological polar surface area (TPSA) is 55.1 Å². The van der Waals surface area contributed by atoms with Crippen molar-refractivity contribution in [2.75, 3.05) is 5.32 Å². The van der Waals surface area contributed by atoms with E-state index in [0.29, 0.717) is 12.5 Å². The fraction of sp³-hybridized carbons (Fsp3) is 0.0417. The summed E-state index contributed by atoms with van der Waals surface area (Å²) in [5, 5.41) is 8.00. The van der Waals surface area contributed by atoms with Crippen molar-refractivity contribution in [1.82, 2.24) is 19.6 Å². The lowest BCUT2D eigenvalue weighted by Gasteiger charge is -2.08. The quantitative estimate of drug-likeness (QED) is 0.444. The van der Waals surface area contributed by atoms with Gasteiger partial charge in [-0.1, -0.05) is 36.4 Å². The lowest BCUT2D eigenvalue weighted by molar-refractivity contribution is 0.628. The van der Waals surface area contributed by atoms with Crippen molar-refractivity contribution in [2.45, 2.75) is 6.54 Å². The first-order chi connectivity index (χ1) is 14.8. The molecule has 0 saturated carbocycles. The largest absolute Gasteiger partial charge is 0.350 e. The number of hydrogen-bond acceptors (Lipinski definition) is 4. The molecule has 5 nitrogen and oxygen atoms in total. The number of rotatable bonds is 5. The van der Waals surface area contributed by atoms with Crippen LogP contribution in [0.15, 0.2) is 91.3 Å². The van der Waals surface area contributed by atoms with Gasteiger partial charge in [-0.25, -0.2) is 18.9 Å². The molecule has 3 aromatic heterocycles. The Morgan fingerprint density at radius 1 is 0.867 bits per heavy atom. The second-order valence-corrected chi connectivity index (χ2v) is 6.87. The number of hydrogen-bond donors (Lipinski definition) is 1. The minimum Gasteiger partial charge on any atom is -0.350 e. The highest BCUT2D eigenvalue weighted by molar-refractivity contribution is 5.90. The summed E-state index contributed by atoms with van der Waals surface area (Å²) in [6.45, 7) is 0.629. The average molecular weight is 395 g/mol. The SMILES string of the molecule is Fc1ccc(-c2nn3ccccc3c2-c2ccnc(NCc3ccccc3)n2)cc1. The van der Waals surface area contributed by atoms with E-state index in [1.165, 1.54) is 12.1 Å². The molecule has 0 radical (unpaired) electrons. The Morgan fingerprint density at radius 2 is 1.67 bits per heavy atom. The number of fused-ring (bicyclic) bond motifs is 1. The molecule has 0 saturated heterocycles. The third-order valence-electron chi connectivity index (χ3n) is 4.86. The molecule has 146 valence electrons. The molecule has 0 bridgehead atoms. The molecule has 30 heavy (non-hydrogen) atoms. The highest BCUT2D eigenvalue weighted by atomic mass is 19.1. The van der Waals surface area contributed by atoms with Gasteiger partial charge in [0.2, 0.25) is 5.95 Å². The van der Waals surface area contributed by atoms with Crippen molar-refractivity contribution in [1.29, 1.82) is 0 Å². The molecule has 2 aromatic carbocycles. The molecule has 0 atom stereocenters. The van der Waals surface area contributed by atoms with Crippen LogP contribution in [0.4, 0.5) is 10.3 Å². The zero-order valence-electron chi connectivity index (χ0n) is 16.0. The van der Waals surface area contributed by atoms with Gasteiger partial charge < -0.3 is 5.32 Å². The fourth-order valence-corrected chi connectivity index (χ4v) is 3.42. The highest BCUT2D eigenvalue weighted by Crippen LogP contribution is 2.34. The predicted octanol–water partition coefficient (Wildman–Crippen LogP) is 5.21. The second-order valence-electron chi connectivity index (χ2n) is 6.87. The van der Waals surface area contributed by atoms with E-state index in [-0.39, 0.29) is 5.82 Å². The Bertz CT molecular complexity index is 1300. The average Bonchev–Trinajstić information content (AvgIpc) is 3.19. The molecule has 0 aliphatic rings. The maximum absolute atomic E-state index is 13.5. The molecule has 6 heteroatoms. The van der Waals surface area contributed by atoms with Gasteiger partial charge in [0.25, 0.3) is 0 Å². The minimum absolute atomic E-state index is 0.279. The number of pyridine rings is 1. The minimum atomic E-state index is -0.279. The van der Waals surface area contributed by atoms with Crippen LogP contribution in [0.3, 0.4) is 0 Å².